The Balaban J connectivity index is 0.00000264. The van der Waals surface area contributed by atoms with Gasteiger partial charge in [-0.3, -0.25) is 4.99 Å². The van der Waals surface area contributed by atoms with Gasteiger partial charge in [0.1, 0.15) is 0 Å². The van der Waals surface area contributed by atoms with E-state index in [4.69, 9.17) is 0 Å². The Bertz CT molecular complexity index is 656. The van der Waals surface area contributed by atoms with E-state index in [9.17, 15) is 13.2 Å². The molecule has 0 radical (unpaired) electrons. The van der Waals surface area contributed by atoms with Gasteiger partial charge in [-0.2, -0.15) is 13.2 Å². The number of fused-ring (bicyclic) bond motifs is 1. The Kier molecular flexibility index (Phi) is 7.60. The summed E-state index contributed by atoms with van der Waals surface area (Å²) in [5.41, 5.74) is 1.04. The second kappa shape index (κ2) is 8.95. The van der Waals surface area contributed by atoms with Crippen molar-refractivity contribution in [3.8, 4) is 0 Å². The van der Waals surface area contributed by atoms with Crippen molar-refractivity contribution >= 4 is 40.7 Å². The maximum atomic E-state index is 12.1. The third-order valence-electron chi connectivity index (χ3n) is 3.20. The Labute approximate surface area is 150 Å². The number of nitrogens with zero attached hydrogens (tertiary/aromatic N) is 1. The number of hydrogen-bond acceptors (Lipinski definition) is 1. The van der Waals surface area contributed by atoms with Crippen LogP contribution in [-0.2, 0) is 6.54 Å². The molecule has 2 N–H and O–H groups in total. The van der Waals surface area contributed by atoms with Crippen LogP contribution in [0.15, 0.2) is 47.5 Å². The minimum absolute atomic E-state index is 0. The summed E-state index contributed by atoms with van der Waals surface area (Å²) in [7, 11) is 1.53. The fourth-order valence-corrected chi connectivity index (χ4v) is 2.08. The minimum Gasteiger partial charge on any atom is -0.356 e. The van der Waals surface area contributed by atoms with Crippen molar-refractivity contribution < 1.29 is 13.2 Å². The smallest absolute Gasteiger partial charge is 0.356 e. The number of guanidine groups is 1. The predicted octanol–water partition coefficient (Wildman–Crippen LogP) is 4.08. The van der Waals surface area contributed by atoms with Gasteiger partial charge in [-0.05, 0) is 22.4 Å². The Morgan fingerprint density at radius 3 is 2.39 bits per heavy atom. The molecule has 0 aromatic heterocycles. The first-order chi connectivity index (χ1) is 10.5. The van der Waals surface area contributed by atoms with Gasteiger partial charge in [-0.1, -0.05) is 36.4 Å². The van der Waals surface area contributed by atoms with E-state index in [1.165, 1.54) is 7.05 Å². The molecule has 3 nitrogen and oxygen atoms in total. The van der Waals surface area contributed by atoms with Gasteiger partial charge in [0.25, 0.3) is 0 Å². The van der Waals surface area contributed by atoms with Crippen molar-refractivity contribution in [1.82, 2.24) is 10.6 Å². The van der Waals surface area contributed by atoms with E-state index in [2.05, 4.69) is 15.6 Å². The first-order valence-electron chi connectivity index (χ1n) is 6.97. The van der Waals surface area contributed by atoms with Crippen LogP contribution in [0.5, 0.6) is 0 Å². The molecule has 0 aliphatic heterocycles. The summed E-state index contributed by atoms with van der Waals surface area (Å²) in [5, 5.41) is 7.94. The third-order valence-corrected chi connectivity index (χ3v) is 3.20. The molecule has 0 atom stereocenters. The summed E-state index contributed by atoms with van der Waals surface area (Å²) in [6.07, 6.45) is -5.05. The number of hydrogen-bond donors (Lipinski definition) is 2. The highest BCUT2D eigenvalue weighted by Crippen LogP contribution is 2.18. The number of aliphatic imine (C=N–C) groups is 1. The van der Waals surface area contributed by atoms with Crippen LogP contribution in [0.4, 0.5) is 13.2 Å². The molecule has 0 saturated carbocycles. The zero-order valence-electron chi connectivity index (χ0n) is 12.7. The van der Waals surface area contributed by atoms with Crippen molar-refractivity contribution in [2.24, 2.45) is 4.99 Å². The van der Waals surface area contributed by atoms with E-state index >= 15 is 0 Å². The van der Waals surface area contributed by atoms with Gasteiger partial charge in [0.2, 0.25) is 0 Å². The summed E-state index contributed by atoms with van der Waals surface area (Å²) in [5.74, 6) is 0.359. The van der Waals surface area contributed by atoms with Crippen LogP contribution in [0.3, 0.4) is 0 Å². The van der Waals surface area contributed by atoms with Gasteiger partial charge in [-0.15, -0.1) is 24.0 Å². The molecule has 0 fully saturated rings. The third kappa shape index (κ3) is 6.64. The molecule has 23 heavy (non-hydrogen) atoms. The van der Waals surface area contributed by atoms with E-state index in [0.717, 1.165) is 16.3 Å². The first kappa shape index (κ1) is 19.5. The van der Waals surface area contributed by atoms with Crippen LogP contribution in [0, 0.1) is 0 Å². The van der Waals surface area contributed by atoms with Crippen LogP contribution < -0.4 is 10.6 Å². The van der Waals surface area contributed by atoms with Crippen LogP contribution in [-0.4, -0.2) is 25.7 Å². The summed E-state index contributed by atoms with van der Waals surface area (Å²) in [4.78, 5) is 3.91. The van der Waals surface area contributed by atoms with E-state index in [1.807, 2.05) is 42.5 Å². The summed E-state index contributed by atoms with van der Waals surface area (Å²) in [6.45, 7) is 0.303. The highest BCUT2D eigenvalue weighted by atomic mass is 127. The number of rotatable bonds is 4. The molecule has 0 unspecified atom stereocenters. The van der Waals surface area contributed by atoms with E-state index < -0.39 is 12.6 Å². The van der Waals surface area contributed by atoms with Gasteiger partial charge in [0.05, 0.1) is 6.42 Å². The average molecular weight is 437 g/mol. The lowest BCUT2D eigenvalue weighted by Gasteiger charge is -2.13. The quantitative estimate of drug-likeness (QED) is 0.430. The van der Waals surface area contributed by atoms with E-state index in [-0.39, 0.29) is 30.5 Å². The van der Waals surface area contributed by atoms with Crippen LogP contribution in [0.2, 0.25) is 0 Å². The van der Waals surface area contributed by atoms with E-state index in [1.54, 1.807) is 0 Å². The lowest BCUT2D eigenvalue weighted by atomic mass is 10.1. The molecule has 7 heteroatoms. The van der Waals surface area contributed by atoms with Gasteiger partial charge >= 0.3 is 6.18 Å². The summed E-state index contributed by atoms with van der Waals surface area (Å²) >= 11 is 0. The molecule has 2 rings (SSSR count). The molecule has 0 amide bonds. The maximum absolute atomic E-state index is 12.1. The van der Waals surface area contributed by atoms with Crippen molar-refractivity contribution in [2.75, 3.05) is 13.6 Å². The molecule has 0 bridgehead atoms. The zero-order valence-corrected chi connectivity index (χ0v) is 15.0. The topological polar surface area (TPSA) is 36.4 Å². The van der Waals surface area contributed by atoms with Crippen LogP contribution in [0.25, 0.3) is 10.8 Å². The van der Waals surface area contributed by atoms with Gasteiger partial charge in [-0.25, -0.2) is 0 Å². The summed E-state index contributed by atoms with van der Waals surface area (Å²) < 4.78 is 36.3. The van der Waals surface area contributed by atoms with Gasteiger partial charge in [0.15, 0.2) is 5.96 Å². The summed E-state index contributed by atoms with van der Waals surface area (Å²) in [6, 6.07) is 14.1. The average Bonchev–Trinajstić information content (AvgIpc) is 2.49. The number of benzene rings is 2. The largest absolute Gasteiger partial charge is 0.390 e. The normalized spacial score (nSPS) is 11.9. The molecule has 0 heterocycles. The number of nitrogens with one attached hydrogen (secondary N) is 2. The molecule has 0 aliphatic rings. The van der Waals surface area contributed by atoms with Crippen LogP contribution in [0.1, 0.15) is 12.0 Å². The fourth-order valence-electron chi connectivity index (χ4n) is 2.08. The highest BCUT2D eigenvalue weighted by Gasteiger charge is 2.26. The van der Waals surface area contributed by atoms with Crippen molar-refractivity contribution in [3.05, 3.63) is 48.0 Å². The first-order valence-corrected chi connectivity index (χ1v) is 6.97. The fraction of sp³-hybridized carbons (Fsp3) is 0.312. The molecular formula is C16H19F3IN3. The predicted molar refractivity (Wildman–Crippen MR) is 98.2 cm³/mol. The Hall–Kier alpha value is -1.51. The SMILES string of the molecule is CN=C(NCCC(F)(F)F)NCc1ccc2ccccc2c1.I. The van der Waals surface area contributed by atoms with Gasteiger partial charge < -0.3 is 10.6 Å². The Morgan fingerprint density at radius 2 is 1.74 bits per heavy atom. The maximum Gasteiger partial charge on any atom is 0.390 e. The molecule has 0 spiro atoms. The monoisotopic (exact) mass is 437 g/mol. The second-order valence-corrected chi connectivity index (χ2v) is 4.90. The van der Waals surface area contributed by atoms with E-state index in [0.29, 0.717) is 12.5 Å². The second-order valence-electron chi connectivity index (χ2n) is 4.90. The number of halogens is 4. The lowest BCUT2D eigenvalue weighted by Crippen LogP contribution is -2.38. The van der Waals surface area contributed by atoms with Crippen LogP contribution >= 0.6 is 24.0 Å². The molecule has 0 aliphatic carbocycles. The number of alkyl halides is 3. The van der Waals surface area contributed by atoms with Crippen molar-refractivity contribution in [1.29, 1.82) is 0 Å². The van der Waals surface area contributed by atoms with Crippen molar-refractivity contribution in [3.63, 3.8) is 0 Å². The molecule has 2 aromatic carbocycles. The molecule has 2 aromatic rings. The Morgan fingerprint density at radius 1 is 1.04 bits per heavy atom. The van der Waals surface area contributed by atoms with Gasteiger partial charge in [0, 0.05) is 20.1 Å². The molecule has 126 valence electrons. The molecular weight excluding hydrogens is 418 g/mol. The highest BCUT2D eigenvalue weighted by molar-refractivity contribution is 14.0. The van der Waals surface area contributed by atoms with Crippen molar-refractivity contribution in [2.45, 2.75) is 19.1 Å². The lowest BCUT2D eigenvalue weighted by molar-refractivity contribution is -0.132. The molecule has 0 saturated heterocycles. The zero-order chi connectivity index (χ0) is 16.0. The minimum atomic E-state index is -4.16. The standard InChI is InChI=1S/C16H18F3N3.HI/c1-20-15(21-9-8-16(17,18)19)22-11-12-6-7-13-4-2-3-5-14(13)10-12;/h2-7,10H,8-9,11H2,1H3,(H2,20,21,22);1H.